The predicted octanol–water partition coefficient (Wildman–Crippen LogP) is 2.13. The van der Waals surface area contributed by atoms with Crippen molar-refractivity contribution in [1.82, 2.24) is 14.5 Å². The maximum Gasteiger partial charge on any atom is 0.256 e. The summed E-state index contributed by atoms with van der Waals surface area (Å²) < 4.78 is 14.6. The third-order valence-corrected chi connectivity index (χ3v) is 4.13. The lowest BCUT2D eigenvalue weighted by Crippen LogP contribution is -2.36. The molecule has 0 unspecified atom stereocenters. The molecule has 0 N–H and O–H groups in total. The van der Waals surface area contributed by atoms with E-state index in [9.17, 15) is 9.18 Å². The summed E-state index contributed by atoms with van der Waals surface area (Å²) in [5.74, 6) is -0.335. The average Bonchev–Trinajstić information content (AvgIpc) is 2.46. The van der Waals surface area contributed by atoms with Gasteiger partial charge in [-0.15, -0.1) is 0 Å². The molecular weight excluding hydrogens is 293 g/mol. The van der Waals surface area contributed by atoms with Gasteiger partial charge in [0.05, 0.1) is 12.0 Å². The highest BCUT2D eigenvalue weighted by Crippen LogP contribution is 2.22. The first kappa shape index (κ1) is 14.2. The van der Waals surface area contributed by atoms with Crippen LogP contribution in [0.2, 0.25) is 5.02 Å². The lowest BCUT2D eigenvalue weighted by Gasteiger charge is -2.28. The van der Waals surface area contributed by atoms with Gasteiger partial charge in [0, 0.05) is 37.3 Å². The molecule has 110 valence electrons. The van der Waals surface area contributed by atoms with Gasteiger partial charge in [0.1, 0.15) is 5.82 Å². The van der Waals surface area contributed by atoms with E-state index in [0.29, 0.717) is 24.5 Å². The van der Waals surface area contributed by atoms with Crippen molar-refractivity contribution in [3.63, 3.8) is 0 Å². The molecule has 4 nitrogen and oxygen atoms in total. The number of aryl methyl sites for hydroxylation is 1. The molecule has 0 atom stereocenters. The molecule has 2 heterocycles. The predicted molar refractivity (Wildman–Crippen MR) is 78.7 cm³/mol. The molecule has 3 rings (SSSR count). The molecule has 1 aliphatic heterocycles. The zero-order valence-corrected chi connectivity index (χ0v) is 12.4. The Morgan fingerprint density at radius 3 is 3.00 bits per heavy atom. The van der Waals surface area contributed by atoms with Gasteiger partial charge >= 0.3 is 0 Å². The smallest absolute Gasteiger partial charge is 0.256 e. The molecule has 1 aliphatic rings. The second kappa shape index (κ2) is 5.58. The van der Waals surface area contributed by atoms with Gasteiger partial charge in [-0.1, -0.05) is 17.7 Å². The first-order valence-electron chi connectivity index (χ1n) is 6.74. The highest BCUT2D eigenvalue weighted by Gasteiger charge is 2.21. The normalized spacial score (nSPS) is 15.0. The Hall–Kier alpha value is -1.72. The van der Waals surface area contributed by atoms with Crippen LogP contribution in [0.15, 0.2) is 29.3 Å². The number of benzene rings is 1. The summed E-state index contributed by atoms with van der Waals surface area (Å²) in [5, 5.41) is 0.428. The Kier molecular flexibility index (Phi) is 3.78. The van der Waals surface area contributed by atoms with E-state index in [1.165, 1.54) is 16.7 Å². The minimum absolute atomic E-state index is 0.0273. The third-order valence-electron chi connectivity index (χ3n) is 3.77. The van der Waals surface area contributed by atoms with Gasteiger partial charge in [-0.2, -0.15) is 0 Å². The first-order valence-corrected chi connectivity index (χ1v) is 7.12. The molecule has 0 bridgehead atoms. The number of hydrogen-bond acceptors (Lipinski definition) is 3. The second-order valence-electron chi connectivity index (χ2n) is 5.28. The zero-order valence-electron chi connectivity index (χ0n) is 11.6. The fourth-order valence-corrected chi connectivity index (χ4v) is 2.82. The number of aromatic nitrogens is 2. The maximum atomic E-state index is 13.1. The van der Waals surface area contributed by atoms with Gasteiger partial charge in [-0.05, 0) is 24.1 Å². The fraction of sp³-hybridized carbons (Fsp3) is 0.333. The molecule has 21 heavy (non-hydrogen) atoms. The number of halogens is 2. The molecule has 0 amide bonds. The molecule has 2 aromatic rings. The Labute approximate surface area is 126 Å². The third kappa shape index (κ3) is 2.84. The molecule has 6 heteroatoms. The van der Waals surface area contributed by atoms with Crippen molar-refractivity contribution >= 4 is 11.6 Å². The number of nitrogens with zero attached hydrogens (tertiary/aromatic N) is 3. The maximum absolute atomic E-state index is 13.1. The number of fused-ring (bicyclic) bond motifs is 1. The largest absolute Gasteiger partial charge is 0.302 e. The average molecular weight is 308 g/mol. The zero-order chi connectivity index (χ0) is 15.0. The van der Waals surface area contributed by atoms with Gasteiger partial charge in [0.25, 0.3) is 5.56 Å². The topological polar surface area (TPSA) is 38.1 Å². The highest BCUT2D eigenvalue weighted by atomic mass is 35.5. The summed E-state index contributed by atoms with van der Waals surface area (Å²) in [6.07, 6.45) is 2.23. The Morgan fingerprint density at radius 2 is 2.24 bits per heavy atom. The summed E-state index contributed by atoms with van der Waals surface area (Å²) in [6.45, 7) is 2.00. The van der Waals surface area contributed by atoms with E-state index in [4.69, 9.17) is 11.6 Å². The number of rotatable bonds is 2. The molecule has 0 radical (unpaired) electrons. The van der Waals surface area contributed by atoms with Crippen LogP contribution in [0.1, 0.15) is 16.8 Å². The molecule has 0 saturated carbocycles. The monoisotopic (exact) mass is 307 g/mol. The minimum Gasteiger partial charge on any atom is -0.302 e. The summed E-state index contributed by atoms with van der Waals surface area (Å²) in [4.78, 5) is 18.5. The minimum atomic E-state index is -0.335. The van der Waals surface area contributed by atoms with Crippen LogP contribution in [0, 0.1) is 5.82 Å². The van der Waals surface area contributed by atoms with Crippen molar-refractivity contribution < 1.29 is 4.39 Å². The summed E-state index contributed by atoms with van der Waals surface area (Å²) in [7, 11) is 1.71. The molecule has 1 aromatic carbocycles. The molecule has 0 spiro atoms. The van der Waals surface area contributed by atoms with Crippen LogP contribution in [0.4, 0.5) is 4.39 Å². The van der Waals surface area contributed by atoms with E-state index in [1.807, 2.05) is 0 Å². The standard InChI is InChI=1S/C15H15ClFN3O/c1-19-9-18-14-8-20(5-4-12(14)15(19)21)7-10-2-3-11(17)6-13(10)16/h2-3,6,9H,4-5,7-8H2,1H3. The lowest BCUT2D eigenvalue weighted by atomic mass is 10.1. The van der Waals surface area contributed by atoms with Crippen molar-refractivity contribution in [2.24, 2.45) is 7.05 Å². The van der Waals surface area contributed by atoms with Crippen LogP contribution in [-0.4, -0.2) is 21.0 Å². The van der Waals surface area contributed by atoms with Crippen molar-refractivity contribution in [3.8, 4) is 0 Å². The second-order valence-corrected chi connectivity index (χ2v) is 5.69. The SMILES string of the molecule is Cn1cnc2c(c1=O)CCN(Cc1ccc(F)cc1Cl)C2. The fourth-order valence-electron chi connectivity index (χ4n) is 2.60. The van der Waals surface area contributed by atoms with Crippen molar-refractivity contribution in [2.45, 2.75) is 19.5 Å². The number of hydrogen-bond donors (Lipinski definition) is 0. The molecule has 1 aromatic heterocycles. The van der Waals surface area contributed by atoms with Crippen molar-refractivity contribution in [2.75, 3.05) is 6.54 Å². The Morgan fingerprint density at radius 1 is 1.43 bits per heavy atom. The van der Waals surface area contributed by atoms with Crippen molar-refractivity contribution in [1.29, 1.82) is 0 Å². The van der Waals surface area contributed by atoms with Crippen molar-refractivity contribution in [3.05, 3.63) is 62.5 Å². The van der Waals surface area contributed by atoms with E-state index in [-0.39, 0.29) is 11.4 Å². The van der Waals surface area contributed by atoms with E-state index in [2.05, 4.69) is 9.88 Å². The van der Waals surface area contributed by atoms with E-state index < -0.39 is 0 Å². The molecule has 0 saturated heterocycles. The van der Waals surface area contributed by atoms with Gasteiger partial charge < -0.3 is 4.57 Å². The van der Waals surface area contributed by atoms with E-state index in [1.54, 1.807) is 19.4 Å². The highest BCUT2D eigenvalue weighted by molar-refractivity contribution is 6.31. The van der Waals surface area contributed by atoms with Crippen LogP contribution in [0.5, 0.6) is 0 Å². The van der Waals surface area contributed by atoms with Crippen LogP contribution in [-0.2, 0) is 26.6 Å². The lowest BCUT2D eigenvalue weighted by molar-refractivity contribution is 0.240. The van der Waals surface area contributed by atoms with Crippen LogP contribution in [0.3, 0.4) is 0 Å². The van der Waals surface area contributed by atoms with Gasteiger partial charge in [0.15, 0.2) is 0 Å². The summed E-state index contributed by atoms with van der Waals surface area (Å²) in [5.41, 5.74) is 2.52. The van der Waals surface area contributed by atoms with E-state index in [0.717, 1.165) is 23.4 Å². The summed E-state index contributed by atoms with van der Waals surface area (Å²) >= 11 is 6.06. The Bertz CT molecular complexity index is 744. The first-order chi connectivity index (χ1) is 10.0. The van der Waals surface area contributed by atoms with Crippen LogP contribution in [0.25, 0.3) is 0 Å². The van der Waals surface area contributed by atoms with Crippen LogP contribution < -0.4 is 5.56 Å². The quantitative estimate of drug-likeness (QED) is 0.853. The molecule has 0 fully saturated rings. The molecule has 0 aliphatic carbocycles. The Balaban J connectivity index is 1.81. The van der Waals surface area contributed by atoms with Gasteiger partial charge in [-0.25, -0.2) is 9.37 Å². The van der Waals surface area contributed by atoms with Gasteiger partial charge in [0.2, 0.25) is 0 Å². The molecular formula is C15H15ClFN3O. The van der Waals surface area contributed by atoms with Gasteiger partial charge in [-0.3, -0.25) is 9.69 Å². The summed E-state index contributed by atoms with van der Waals surface area (Å²) in [6, 6.07) is 4.43. The van der Waals surface area contributed by atoms with E-state index >= 15 is 0 Å². The van der Waals surface area contributed by atoms with Crippen LogP contribution >= 0.6 is 11.6 Å².